The van der Waals surface area contributed by atoms with Crippen LogP contribution in [0.25, 0.3) is 0 Å². The molecule has 0 aliphatic rings. The zero-order chi connectivity index (χ0) is 18.1. The number of para-hydroxylation sites is 1. The molecular formula is C19H19N3O3. The lowest BCUT2D eigenvalue weighted by Crippen LogP contribution is -2.39. The minimum atomic E-state index is -0.266. The van der Waals surface area contributed by atoms with Crippen LogP contribution in [-0.2, 0) is 9.59 Å². The largest absolute Gasteiger partial charge is 0.484 e. The SMILES string of the molecule is CC(=O)N(CCNC(=O)COc1ccccc1)c1cccc(C#N)c1. The van der Waals surface area contributed by atoms with E-state index < -0.39 is 0 Å². The fourth-order valence-electron chi connectivity index (χ4n) is 2.24. The first kappa shape index (κ1) is 18.0. The summed E-state index contributed by atoms with van der Waals surface area (Å²) in [6, 6.07) is 17.9. The van der Waals surface area contributed by atoms with E-state index >= 15 is 0 Å². The van der Waals surface area contributed by atoms with Gasteiger partial charge >= 0.3 is 0 Å². The first-order chi connectivity index (χ1) is 12.1. The van der Waals surface area contributed by atoms with Crippen LogP contribution in [0.1, 0.15) is 12.5 Å². The van der Waals surface area contributed by atoms with Crippen LogP contribution in [0.2, 0.25) is 0 Å². The molecule has 0 radical (unpaired) electrons. The lowest BCUT2D eigenvalue weighted by molar-refractivity contribution is -0.123. The Morgan fingerprint density at radius 3 is 2.60 bits per heavy atom. The molecule has 0 aromatic heterocycles. The van der Waals surface area contributed by atoms with Crippen LogP contribution >= 0.6 is 0 Å². The van der Waals surface area contributed by atoms with Gasteiger partial charge in [0.25, 0.3) is 5.91 Å². The van der Waals surface area contributed by atoms with Gasteiger partial charge in [0.05, 0.1) is 11.6 Å². The molecule has 0 bridgehead atoms. The molecule has 0 aliphatic heterocycles. The zero-order valence-corrected chi connectivity index (χ0v) is 13.9. The number of nitriles is 1. The first-order valence-corrected chi connectivity index (χ1v) is 7.83. The molecule has 25 heavy (non-hydrogen) atoms. The van der Waals surface area contributed by atoms with Gasteiger partial charge in [-0.15, -0.1) is 0 Å². The van der Waals surface area contributed by atoms with Crippen molar-refractivity contribution < 1.29 is 14.3 Å². The molecule has 0 heterocycles. The van der Waals surface area contributed by atoms with E-state index in [4.69, 9.17) is 10.00 Å². The van der Waals surface area contributed by atoms with Crippen LogP contribution in [0.15, 0.2) is 54.6 Å². The van der Waals surface area contributed by atoms with Gasteiger partial charge < -0.3 is 15.0 Å². The van der Waals surface area contributed by atoms with Crippen molar-refractivity contribution >= 4 is 17.5 Å². The number of nitrogens with zero attached hydrogens (tertiary/aromatic N) is 2. The van der Waals surface area contributed by atoms with E-state index in [1.54, 1.807) is 36.4 Å². The van der Waals surface area contributed by atoms with Gasteiger partial charge in [0.1, 0.15) is 5.75 Å². The summed E-state index contributed by atoms with van der Waals surface area (Å²) in [6.07, 6.45) is 0. The third-order valence-electron chi connectivity index (χ3n) is 3.44. The highest BCUT2D eigenvalue weighted by molar-refractivity contribution is 5.91. The van der Waals surface area contributed by atoms with Crippen molar-refractivity contribution in [1.82, 2.24) is 5.32 Å². The second-order valence-corrected chi connectivity index (χ2v) is 5.28. The van der Waals surface area contributed by atoms with Gasteiger partial charge in [-0.05, 0) is 30.3 Å². The van der Waals surface area contributed by atoms with Gasteiger partial charge in [0.2, 0.25) is 5.91 Å². The topological polar surface area (TPSA) is 82.4 Å². The molecule has 6 heteroatoms. The van der Waals surface area contributed by atoms with E-state index in [-0.39, 0.29) is 25.0 Å². The quantitative estimate of drug-likeness (QED) is 0.839. The van der Waals surface area contributed by atoms with Crippen LogP contribution in [0, 0.1) is 11.3 Å². The summed E-state index contributed by atoms with van der Waals surface area (Å²) >= 11 is 0. The highest BCUT2D eigenvalue weighted by Crippen LogP contribution is 2.15. The van der Waals surface area contributed by atoms with Crippen LogP contribution in [0.5, 0.6) is 5.75 Å². The summed E-state index contributed by atoms with van der Waals surface area (Å²) in [5, 5.41) is 11.7. The summed E-state index contributed by atoms with van der Waals surface area (Å²) in [7, 11) is 0. The van der Waals surface area contributed by atoms with E-state index in [0.29, 0.717) is 23.5 Å². The highest BCUT2D eigenvalue weighted by atomic mass is 16.5. The van der Waals surface area contributed by atoms with Crippen LogP contribution in [0.4, 0.5) is 5.69 Å². The smallest absolute Gasteiger partial charge is 0.258 e. The average Bonchev–Trinajstić information content (AvgIpc) is 2.64. The second kappa shape index (κ2) is 9.08. The number of ether oxygens (including phenoxy) is 1. The predicted octanol–water partition coefficient (Wildman–Crippen LogP) is 2.11. The number of nitrogens with one attached hydrogen (secondary N) is 1. The van der Waals surface area contributed by atoms with Crippen molar-refractivity contribution in [1.29, 1.82) is 5.26 Å². The van der Waals surface area contributed by atoms with Crippen molar-refractivity contribution in [3.63, 3.8) is 0 Å². The van der Waals surface area contributed by atoms with Crippen LogP contribution in [0.3, 0.4) is 0 Å². The average molecular weight is 337 g/mol. The highest BCUT2D eigenvalue weighted by Gasteiger charge is 2.12. The Morgan fingerprint density at radius 1 is 1.16 bits per heavy atom. The normalized spacial score (nSPS) is 9.76. The Bertz CT molecular complexity index is 769. The summed E-state index contributed by atoms with van der Waals surface area (Å²) in [5.74, 6) is 0.194. The third-order valence-corrected chi connectivity index (χ3v) is 3.44. The molecule has 0 atom stereocenters. The number of hydrogen-bond acceptors (Lipinski definition) is 4. The van der Waals surface area contributed by atoms with Gasteiger partial charge in [-0.1, -0.05) is 24.3 Å². The van der Waals surface area contributed by atoms with Gasteiger partial charge in [0.15, 0.2) is 6.61 Å². The maximum Gasteiger partial charge on any atom is 0.258 e. The molecule has 6 nitrogen and oxygen atoms in total. The number of carbonyl (C=O) groups is 2. The van der Waals surface area contributed by atoms with Crippen molar-refractivity contribution in [3.8, 4) is 11.8 Å². The number of anilines is 1. The molecule has 2 aromatic carbocycles. The molecule has 0 saturated carbocycles. The predicted molar refractivity (Wildman–Crippen MR) is 94.1 cm³/mol. The lowest BCUT2D eigenvalue weighted by Gasteiger charge is -2.21. The molecule has 2 rings (SSSR count). The van der Waals surface area contributed by atoms with Crippen molar-refractivity contribution in [2.45, 2.75) is 6.92 Å². The number of carbonyl (C=O) groups excluding carboxylic acids is 2. The van der Waals surface area contributed by atoms with E-state index in [9.17, 15) is 9.59 Å². The molecule has 0 aliphatic carbocycles. The molecule has 2 amide bonds. The standard InChI is InChI=1S/C19H19N3O3/c1-15(23)22(17-7-5-6-16(12-17)13-20)11-10-21-19(24)14-25-18-8-3-2-4-9-18/h2-9,12H,10-11,14H2,1H3,(H,21,24). The molecule has 0 unspecified atom stereocenters. The minimum absolute atomic E-state index is 0.0893. The third kappa shape index (κ3) is 5.66. The summed E-state index contributed by atoms with van der Waals surface area (Å²) in [4.78, 5) is 25.2. The van der Waals surface area contributed by atoms with Crippen molar-refractivity contribution in [2.24, 2.45) is 0 Å². The summed E-state index contributed by atoms with van der Waals surface area (Å²) in [5.41, 5.74) is 1.10. The molecule has 1 N–H and O–H groups in total. The van der Waals surface area contributed by atoms with Crippen LogP contribution < -0.4 is 15.0 Å². The molecule has 2 aromatic rings. The number of rotatable bonds is 7. The molecule has 0 fully saturated rings. The molecule has 0 saturated heterocycles. The van der Waals surface area contributed by atoms with Crippen molar-refractivity contribution in [3.05, 3.63) is 60.2 Å². The molecule has 128 valence electrons. The van der Waals surface area contributed by atoms with Crippen molar-refractivity contribution in [2.75, 3.05) is 24.6 Å². The van der Waals surface area contributed by atoms with E-state index in [1.165, 1.54) is 11.8 Å². The van der Waals surface area contributed by atoms with E-state index in [2.05, 4.69) is 5.32 Å². The van der Waals surface area contributed by atoms with Crippen LogP contribution in [-0.4, -0.2) is 31.5 Å². The number of benzene rings is 2. The van der Waals surface area contributed by atoms with Gasteiger partial charge in [-0.25, -0.2) is 0 Å². The summed E-state index contributed by atoms with van der Waals surface area (Å²) in [6.45, 7) is 1.95. The number of hydrogen-bond donors (Lipinski definition) is 1. The van der Waals surface area contributed by atoms with E-state index in [1.807, 2.05) is 24.3 Å². The van der Waals surface area contributed by atoms with Gasteiger partial charge in [-0.3, -0.25) is 9.59 Å². The maximum atomic E-state index is 11.8. The second-order valence-electron chi connectivity index (χ2n) is 5.28. The first-order valence-electron chi connectivity index (χ1n) is 7.83. The fraction of sp³-hybridized carbons (Fsp3) is 0.211. The zero-order valence-electron chi connectivity index (χ0n) is 13.9. The monoisotopic (exact) mass is 337 g/mol. The Labute approximate surface area is 146 Å². The van der Waals surface area contributed by atoms with E-state index in [0.717, 1.165) is 0 Å². The maximum absolute atomic E-state index is 11.8. The Balaban J connectivity index is 1.84. The van der Waals surface area contributed by atoms with Gasteiger partial charge in [0, 0.05) is 25.7 Å². The minimum Gasteiger partial charge on any atom is -0.484 e. The molecular weight excluding hydrogens is 318 g/mol. The molecule has 0 spiro atoms. The number of amides is 2. The Hall–Kier alpha value is -3.33. The Morgan fingerprint density at radius 2 is 1.92 bits per heavy atom. The fourth-order valence-corrected chi connectivity index (χ4v) is 2.24. The Kier molecular flexibility index (Phi) is 6.55. The van der Waals surface area contributed by atoms with Gasteiger partial charge in [-0.2, -0.15) is 5.26 Å². The lowest BCUT2D eigenvalue weighted by atomic mass is 10.2. The summed E-state index contributed by atoms with van der Waals surface area (Å²) < 4.78 is 5.36.